The Morgan fingerprint density at radius 1 is 1.35 bits per heavy atom. The molecule has 2 heteroatoms. The lowest BCUT2D eigenvalue weighted by atomic mass is 9.89. The van der Waals surface area contributed by atoms with Gasteiger partial charge in [0.05, 0.1) is 0 Å². The molecule has 1 aromatic rings. The van der Waals surface area contributed by atoms with E-state index >= 15 is 0 Å². The molecule has 0 fully saturated rings. The molecule has 94 valence electrons. The molecule has 17 heavy (non-hydrogen) atoms. The molecule has 2 nitrogen and oxygen atoms in total. The van der Waals surface area contributed by atoms with Crippen molar-refractivity contribution in [2.75, 3.05) is 0 Å². The van der Waals surface area contributed by atoms with E-state index in [1.54, 1.807) is 0 Å². The lowest BCUT2D eigenvalue weighted by Gasteiger charge is -2.15. The highest BCUT2D eigenvalue weighted by Gasteiger charge is 2.17. The molecule has 1 aromatic carbocycles. The molecule has 0 atom stereocenters. The Morgan fingerprint density at radius 2 is 2.00 bits per heavy atom. The van der Waals surface area contributed by atoms with Gasteiger partial charge in [0, 0.05) is 18.0 Å². The van der Waals surface area contributed by atoms with Crippen LogP contribution in [-0.4, -0.2) is 5.78 Å². The zero-order chi connectivity index (χ0) is 13.0. The highest BCUT2D eigenvalue weighted by molar-refractivity contribution is 6.00. The smallest absolute Gasteiger partial charge is 0.165 e. The first-order chi connectivity index (χ1) is 8.01. The second-order valence-electron chi connectivity index (χ2n) is 4.92. The maximum atomic E-state index is 12.2. The van der Waals surface area contributed by atoms with Crippen molar-refractivity contribution in [1.29, 1.82) is 0 Å². The summed E-state index contributed by atoms with van der Waals surface area (Å²) in [5, 5.41) is 0. The molecule has 0 aromatic heterocycles. The van der Waals surface area contributed by atoms with E-state index in [0.29, 0.717) is 6.54 Å². The number of ketones is 1. The molecule has 0 aliphatic carbocycles. The van der Waals surface area contributed by atoms with Crippen molar-refractivity contribution < 1.29 is 4.79 Å². The van der Waals surface area contributed by atoms with Gasteiger partial charge >= 0.3 is 0 Å². The first kappa shape index (κ1) is 13.9. The molecule has 1 rings (SSSR count). The number of rotatable bonds is 5. The largest absolute Gasteiger partial charge is 0.326 e. The SMILES string of the molecule is CCCc1cc(CN)cc(C)c1C(=O)C(C)C. The van der Waals surface area contributed by atoms with Crippen LogP contribution in [0.3, 0.4) is 0 Å². The van der Waals surface area contributed by atoms with Crippen molar-refractivity contribution in [1.82, 2.24) is 0 Å². The van der Waals surface area contributed by atoms with Crippen molar-refractivity contribution in [3.05, 3.63) is 34.4 Å². The zero-order valence-electron chi connectivity index (χ0n) is 11.3. The molecule has 0 aliphatic rings. The van der Waals surface area contributed by atoms with Crippen LogP contribution in [0.4, 0.5) is 0 Å². The quantitative estimate of drug-likeness (QED) is 0.793. The van der Waals surface area contributed by atoms with Gasteiger partial charge in [0.2, 0.25) is 0 Å². The number of carbonyl (C=O) groups is 1. The fourth-order valence-electron chi connectivity index (χ4n) is 2.17. The first-order valence-corrected chi connectivity index (χ1v) is 6.37. The van der Waals surface area contributed by atoms with Gasteiger partial charge in [-0.15, -0.1) is 0 Å². The maximum Gasteiger partial charge on any atom is 0.165 e. The van der Waals surface area contributed by atoms with Crippen molar-refractivity contribution in [3.63, 3.8) is 0 Å². The lowest BCUT2D eigenvalue weighted by Crippen LogP contribution is -2.14. The monoisotopic (exact) mass is 233 g/mol. The predicted octanol–water partition coefficient (Wildman–Crippen LogP) is 3.24. The molecule has 0 saturated heterocycles. The Bertz CT molecular complexity index is 408. The number of aryl methyl sites for hydroxylation is 2. The van der Waals surface area contributed by atoms with Crippen LogP contribution in [0.15, 0.2) is 12.1 Å². The zero-order valence-corrected chi connectivity index (χ0v) is 11.3. The molecule has 0 saturated carbocycles. The lowest BCUT2D eigenvalue weighted by molar-refractivity contribution is 0.0938. The van der Waals surface area contributed by atoms with Crippen LogP contribution in [-0.2, 0) is 13.0 Å². The van der Waals surface area contributed by atoms with Gasteiger partial charge in [0.25, 0.3) is 0 Å². The van der Waals surface area contributed by atoms with Crippen LogP contribution in [0.5, 0.6) is 0 Å². The van der Waals surface area contributed by atoms with Gasteiger partial charge in [-0.05, 0) is 30.0 Å². The first-order valence-electron chi connectivity index (χ1n) is 6.37. The maximum absolute atomic E-state index is 12.2. The minimum absolute atomic E-state index is 0.0491. The van der Waals surface area contributed by atoms with Gasteiger partial charge < -0.3 is 5.73 Å². The van der Waals surface area contributed by atoms with E-state index in [4.69, 9.17) is 5.73 Å². The van der Waals surface area contributed by atoms with Gasteiger partial charge in [-0.2, -0.15) is 0 Å². The van der Waals surface area contributed by atoms with Crippen molar-refractivity contribution in [2.24, 2.45) is 11.7 Å². The fraction of sp³-hybridized carbons (Fsp3) is 0.533. The average molecular weight is 233 g/mol. The van der Waals surface area contributed by atoms with Crippen LogP contribution >= 0.6 is 0 Å². The predicted molar refractivity (Wildman–Crippen MR) is 72.2 cm³/mol. The minimum atomic E-state index is 0.0491. The van der Waals surface area contributed by atoms with Gasteiger partial charge in [-0.1, -0.05) is 39.3 Å². The fourth-order valence-corrected chi connectivity index (χ4v) is 2.17. The summed E-state index contributed by atoms with van der Waals surface area (Å²) < 4.78 is 0. The van der Waals surface area contributed by atoms with Crippen molar-refractivity contribution >= 4 is 5.78 Å². The van der Waals surface area contributed by atoms with Crippen LogP contribution in [0, 0.1) is 12.8 Å². The minimum Gasteiger partial charge on any atom is -0.326 e. The van der Waals surface area contributed by atoms with Gasteiger partial charge in [0.15, 0.2) is 5.78 Å². The number of hydrogen-bond acceptors (Lipinski definition) is 2. The summed E-state index contributed by atoms with van der Waals surface area (Å²) in [6.07, 6.45) is 1.99. The molecule has 0 aliphatic heterocycles. The van der Waals surface area contributed by atoms with Crippen molar-refractivity contribution in [3.8, 4) is 0 Å². The summed E-state index contributed by atoms with van der Waals surface area (Å²) >= 11 is 0. The second-order valence-corrected chi connectivity index (χ2v) is 4.92. The topological polar surface area (TPSA) is 43.1 Å². The number of Topliss-reactive ketones (excluding diaryl/α,β-unsaturated/α-hetero) is 1. The Hall–Kier alpha value is -1.15. The van der Waals surface area contributed by atoms with E-state index in [1.807, 2.05) is 26.8 Å². The summed E-state index contributed by atoms with van der Waals surface area (Å²) in [4.78, 5) is 12.2. The molecule has 0 spiro atoms. The van der Waals surface area contributed by atoms with Crippen LogP contribution in [0.25, 0.3) is 0 Å². The van der Waals surface area contributed by atoms with E-state index in [-0.39, 0.29) is 11.7 Å². The number of nitrogens with two attached hydrogens (primary N) is 1. The number of benzene rings is 1. The summed E-state index contributed by atoms with van der Waals surface area (Å²) in [6.45, 7) is 8.58. The number of hydrogen-bond donors (Lipinski definition) is 1. The third kappa shape index (κ3) is 3.16. The third-order valence-electron chi connectivity index (χ3n) is 3.00. The summed E-state index contributed by atoms with van der Waals surface area (Å²) in [5.41, 5.74) is 9.94. The Balaban J connectivity index is 3.30. The Morgan fingerprint density at radius 3 is 2.47 bits per heavy atom. The van der Waals surface area contributed by atoms with Crippen LogP contribution in [0.1, 0.15) is 54.2 Å². The Kier molecular flexibility index (Phi) is 4.88. The highest BCUT2D eigenvalue weighted by Crippen LogP contribution is 2.22. The molecule has 0 heterocycles. The molecular formula is C15H23NO. The van der Waals surface area contributed by atoms with E-state index in [0.717, 1.165) is 35.1 Å². The highest BCUT2D eigenvalue weighted by atomic mass is 16.1. The summed E-state index contributed by atoms with van der Waals surface area (Å²) in [7, 11) is 0. The van der Waals surface area contributed by atoms with Crippen LogP contribution < -0.4 is 5.73 Å². The van der Waals surface area contributed by atoms with Crippen LogP contribution in [0.2, 0.25) is 0 Å². The van der Waals surface area contributed by atoms with E-state index < -0.39 is 0 Å². The van der Waals surface area contributed by atoms with E-state index in [2.05, 4.69) is 13.0 Å². The second kappa shape index (κ2) is 5.97. The third-order valence-corrected chi connectivity index (χ3v) is 3.00. The summed E-state index contributed by atoms with van der Waals surface area (Å²) in [6, 6.07) is 4.13. The van der Waals surface area contributed by atoms with E-state index in [9.17, 15) is 4.79 Å². The number of carbonyl (C=O) groups excluding carboxylic acids is 1. The molecule has 0 bridgehead atoms. The van der Waals surface area contributed by atoms with Crippen molar-refractivity contribution in [2.45, 2.75) is 47.1 Å². The molecule has 0 radical (unpaired) electrons. The standard InChI is InChI=1S/C15H23NO/c1-5-6-13-8-12(9-16)7-11(4)14(13)15(17)10(2)3/h7-8,10H,5-6,9,16H2,1-4H3. The summed E-state index contributed by atoms with van der Waals surface area (Å²) in [5.74, 6) is 0.294. The Labute approximate surface area is 104 Å². The average Bonchev–Trinajstić information content (AvgIpc) is 2.28. The molecule has 0 unspecified atom stereocenters. The van der Waals surface area contributed by atoms with Gasteiger partial charge in [0.1, 0.15) is 0 Å². The van der Waals surface area contributed by atoms with Gasteiger partial charge in [-0.3, -0.25) is 4.79 Å². The normalized spacial score (nSPS) is 10.9. The van der Waals surface area contributed by atoms with E-state index in [1.165, 1.54) is 0 Å². The molecule has 2 N–H and O–H groups in total. The van der Waals surface area contributed by atoms with Gasteiger partial charge in [-0.25, -0.2) is 0 Å². The molecular weight excluding hydrogens is 210 g/mol. The molecule has 0 amide bonds.